The van der Waals surface area contributed by atoms with E-state index < -0.39 is 5.60 Å². The van der Waals surface area contributed by atoms with Crippen molar-refractivity contribution in [1.82, 2.24) is 15.1 Å². The van der Waals surface area contributed by atoms with E-state index in [4.69, 9.17) is 0 Å². The normalized spacial score (nSPS) is 14.4. The molecule has 1 unspecified atom stereocenters. The summed E-state index contributed by atoms with van der Waals surface area (Å²) >= 11 is 0. The molecule has 1 heterocycles. The predicted octanol–water partition coefficient (Wildman–Crippen LogP) is 2.33. The molecule has 20 heavy (non-hydrogen) atoms. The van der Waals surface area contributed by atoms with Crippen LogP contribution in [0.25, 0.3) is 5.69 Å². The summed E-state index contributed by atoms with van der Waals surface area (Å²) in [6, 6.07) is 11.7. The molecule has 0 saturated carbocycles. The zero-order valence-electron chi connectivity index (χ0n) is 12.4. The second-order valence-electron chi connectivity index (χ2n) is 5.76. The van der Waals surface area contributed by atoms with Crippen molar-refractivity contribution in [3.05, 3.63) is 48.3 Å². The van der Waals surface area contributed by atoms with Crippen LogP contribution in [0.15, 0.2) is 42.6 Å². The molecule has 2 N–H and O–H groups in total. The van der Waals surface area contributed by atoms with E-state index in [2.05, 4.69) is 24.3 Å². The minimum atomic E-state index is -0.957. The molecule has 1 aromatic heterocycles. The molecule has 0 spiro atoms. The quantitative estimate of drug-likeness (QED) is 0.849. The first-order valence-electron chi connectivity index (χ1n) is 7.04. The van der Waals surface area contributed by atoms with Crippen LogP contribution < -0.4 is 5.32 Å². The van der Waals surface area contributed by atoms with Crippen molar-refractivity contribution in [2.45, 2.75) is 26.4 Å². The van der Waals surface area contributed by atoms with Crippen molar-refractivity contribution in [2.24, 2.45) is 5.92 Å². The molecule has 2 aromatic rings. The molecule has 0 aliphatic heterocycles. The van der Waals surface area contributed by atoms with Gasteiger partial charge in [-0.05, 0) is 37.6 Å². The van der Waals surface area contributed by atoms with Gasteiger partial charge in [0, 0.05) is 12.7 Å². The molecule has 0 aliphatic carbocycles. The Morgan fingerprint density at radius 1 is 1.25 bits per heavy atom. The molecule has 0 fully saturated rings. The van der Waals surface area contributed by atoms with Gasteiger partial charge in [-0.25, -0.2) is 4.68 Å². The summed E-state index contributed by atoms with van der Waals surface area (Å²) in [5.41, 5.74) is 0.790. The molecule has 0 radical (unpaired) electrons. The van der Waals surface area contributed by atoms with Gasteiger partial charge in [0.05, 0.1) is 11.4 Å². The first kappa shape index (κ1) is 14.8. The van der Waals surface area contributed by atoms with Crippen LogP contribution in [0.2, 0.25) is 0 Å². The summed E-state index contributed by atoms with van der Waals surface area (Å²) in [7, 11) is 0. The molecule has 0 amide bonds. The third kappa shape index (κ3) is 3.46. The third-order valence-corrected chi connectivity index (χ3v) is 3.22. The van der Waals surface area contributed by atoms with Crippen LogP contribution in [0.5, 0.6) is 0 Å². The monoisotopic (exact) mass is 273 g/mol. The van der Waals surface area contributed by atoms with Crippen molar-refractivity contribution in [2.75, 3.05) is 13.1 Å². The molecule has 0 saturated heterocycles. The van der Waals surface area contributed by atoms with E-state index in [1.165, 1.54) is 0 Å². The van der Waals surface area contributed by atoms with E-state index in [-0.39, 0.29) is 0 Å². The average Bonchev–Trinajstić information content (AvgIpc) is 2.89. The Balaban J connectivity index is 2.18. The van der Waals surface area contributed by atoms with Gasteiger partial charge < -0.3 is 10.4 Å². The summed E-state index contributed by atoms with van der Waals surface area (Å²) in [5, 5.41) is 18.3. The second kappa shape index (κ2) is 6.20. The highest BCUT2D eigenvalue weighted by molar-refractivity contribution is 5.33. The van der Waals surface area contributed by atoms with Gasteiger partial charge in [-0.3, -0.25) is 0 Å². The highest BCUT2D eigenvalue weighted by Crippen LogP contribution is 2.22. The standard InChI is InChI=1S/C16H23N3O/c1-13(2)11-17-12-16(3,20)15-9-10-18-19(15)14-7-5-4-6-8-14/h4-10,13,17,20H,11-12H2,1-3H3. The fraction of sp³-hybridized carbons (Fsp3) is 0.438. The first-order chi connectivity index (χ1) is 9.50. The summed E-state index contributed by atoms with van der Waals surface area (Å²) in [6.45, 7) is 7.50. The van der Waals surface area contributed by atoms with E-state index in [1.807, 2.05) is 43.3 Å². The van der Waals surface area contributed by atoms with Gasteiger partial charge in [0.2, 0.25) is 0 Å². The van der Waals surface area contributed by atoms with Crippen LogP contribution in [0, 0.1) is 5.92 Å². The molecule has 1 aromatic carbocycles. The number of rotatable bonds is 6. The Hall–Kier alpha value is -1.65. The maximum absolute atomic E-state index is 10.7. The van der Waals surface area contributed by atoms with Crippen LogP contribution in [0.3, 0.4) is 0 Å². The highest BCUT2D eigenvalue weighted by atomic mass is 16.3. The maximum Gasteiger partial charge on any atom is 0.116 e. The van der Waals surface area contributed by atoms with Crippen molar-refractivity contribution >= 4 is 0 Å². The van der Waals surface area contributed by atoms with Crippen LogP contribution in [-0.4, -0.2) is 28.0 Å². The summed E-state index contributed by atoms with van der Waals surface area (Å²) in [5.74, 6) is 0.560. The lowest BCUT2D eigenvalue weighted by molar-refractivity contribution is 0.0494. The second-order valence-corrected chi connectivity index (χ2v) is 5.76. The fourth-order valence-corrected chi connectivity index (χ4v) is 2.18. The number of hydrogen-bond donors (Lipinski definition) is 2. The maximum atomic E-state index is 10.7. The van der Waals surface area contributed by atoms with Gasteiger partial charge in [0.1, 0.15) is 5.60 Å². The largest absolute Gasteiger partial charge is 0.383 e. The predicted molar refractivity (Wildman–Crippen MR) is 80.8 cm³/mol. The van der Waals surface area contributed by atoms with Crippen molar-refractivity contribution in [1.29, 1.82) is 0 Å². The Bertz CT molecular complexity index is 532. The molecule has 4 nitrogen and oxygen atoms in total. The topological polar surface area (TPSA) is 50.1 Å². The van der Waals surface area contributed by atoms with Gasteiger partial charge in [0.25, 0.3) is 0 Å². The van der Waals surface area contributed by atoms with Crippen molar-refractivity contribution in [3.8, 4) is 5.69 Å². The Morgan fingerprint density at radius 2 is 1.95 bits per heavy atom. The zero-order valence-corrected chi connectivity index (χ0v) is 12.4. The lowest BCUT2D eigenvalue weighted by Crippen LogP contribution is -2.38. The van der Waals surface area contributed by atoms with E-state index in [0.717, 1.165) is 17.9 Å². The summed E-state index contributed by atoms with van der Waals surface area (Å²) in [6.07, 6.45) is 1.72. The number of nitrogens with one attached hydrogen (secondary N) is 1. The van der Waals surface area contributed by atoms with Crippen LogP contribution in [0.4, 0.5) is 0 Å². The first-order valence-corrected chi connectivity index (χ1v) is 7.04. The van der Waals surface area contributed by atoms with Gasteiger partial charge >= 0.3 is 0 Å². The van der Waals surface area contributed by atoms with Gasteiger partial charge in [-0.1, -0.05) is 32.0 Å². The number of para-hydroxylation sites is 1. The molecule has 4 heteroatoms. The average molecular weight is 273 g/mol. The van der Waals surface area contributed by atoms with Crippen molar-refractivity contribution < 1.29 is 5.11 Å². The number of benzene rings is 1. The van der Waals surface area contributed by atoms with Crippen LogP contribution >= 0.6 is 0 Å². The van der Waals surface area contributed by atoms with E-state index in [1.54, 1.807) is 10.9 Å². The van der Waals surface area contributed by atoms with Gasteiger partial charge in [-0.15, -0.1) is 0 Å². The third-order valence-electron chi connectivity index (χ3n) is 3.22. The number of hydrogen-bond acceptors (Lipinski definition) is 3. The lowest BCUT2D eigenvalue weighted by Gasteiger charge is -2.25. The van der Waals surface area contributed by atoms with E-state index in [0.29, 0.717) is 12.5 Å². The zero-order chi connectivity index (χ0) is 14.6. The Labute approximate surface area is 120 Å². The molecular weight excluding hydrogens is 250 g/mol. The SMILES string of the molecule is CC(C)CNCC(C)(O)c1ccnn1-c1ccccc1. The molecule has 0 aliphatic rings. The van der Waals surface area contributed by atoms with Crippen molar-refractivity contribution in [3.63, 3.8) is 0 Å². The van der Waals surface area contributed by atoms with Crippen LogP contribution in [-0.2, 0) is 5.60 Å². The molecule has 0 bridgehead atoms. The summed E-state index contributed by atoms with van der Waals surface area (Å²) in [4.78, 5) is 0. The highest BCUT2D eigenvalue weighted by Gasteiger charge is 2.27. The molecule has 108 valence electrons. The van der Waals surface area contributed by atoms with Gasteiger partial charge in [-0.2, -0.15) is 5.10 Å². The fourth-order valence-electron chi connectivity index (χ4n) is 2.18. The number of nitrogens with zero attached hydrogens (tertiary/aromatic N) is 2. The summed E-state index contributed by atoms with van der Waals surface area (Å²) < 4.78 is 1.79. The van der Waals surface area contributed by atoms with E-state index >= 15 is 0 Å². The molecule has 1 atom stereocenters. The minimum absolute atomic E-state index is 0.504. The number of aromatic nitrogens is 2. The molecule has 2 rings (SSSR count). The minimum Gasteiger partial charge on any atom is -0.383 e. The Kier molecular flexibility index (Phi) is 4.57. The molecular formula is C16H23N3O. The van der Waals surface area contributed by atoms with E-state index in [9.17, 15) is 5.11 Å². The van der Waals surface area contributed by atoms with Crippen LogP contribution in [0.1, 0.15) is 26.5 Å². The lowest BCUT2D eigenvalue weighted by atomic mass is 10.0. The smallest absolute Gasteiger partial charge is 0.116 e. The van der Waals surface area contributed by atoms with Gasteiger partial charge in [0.15, 0.2) is 0 Å². The Morgan fingerprint density at radius 3 is 2.60 bits per heavy atom. The number of aliphatic hydroxyl groups is 1.